The number of nitrogens with one attached hydrogen (secondary N) is 1. The average Bonchev–Trinajstić information content (AvgIpc) is 3.30. The number of rotatable bonds is 8. The van der Waals surface area contributed by atoms with Crippen molar-refractivity contribution in [3.8, 4) is 5.75 Å². The van der Waals surface area contributed by atoms with Gasteiger partial charge in [0, 0.05) is 21.5 Å². The van der Waals surface area contributed by atoms with Gasteiger partial charge in [0.05, 0.1) is 23.9 Å². The van der Waals surface area contributed by atoms with E-state index in [9.17, 15) is 18.8 Å². The van der Waals surface area contributed by atoms with E-state index in [1.54, 1.807) is 37.3 Å². The molecule has 0 unspecified atom stereocenters. The highest BCUT2D eigenvalue weighted by Gasteiger charge is 2.38. The summed E-state index contributed by atoms with van der Waals surface area (Å²) < 4.78 is 22.6. The van der Waals surface area contributed by atoms with Crippen LogP contribution < -0.4 is 9.64 Å². The summed E-state index contributed by atoms with van der Waals surface area (Å²) in [5, 5.41) is 1.18. The second-order valence-corrected chi connectivity index (χ2v) is 8.25. The van der Waals surface area contributed by atoms with Gasteiger partial charge in [0.15, 0.2) is 0 Å². The number of urea groups is 1. The summed E-state index contributed by atoms with van der Waals surface area (Å²) in [4.78, 5) is 43.8. The summed E-state index contributed by atoms with van der Waals surface area (Å²) in [5.74, 6) is -0.628. The Morgan fingerprint density at radius 1 is 1.18 bits per heavy atom. The van der Waals surface area contributed by atoms with Crippen LogP contribution in [0.5, 0.6) is 5.75 Å². The van der Waals surface area contributed by atoms with Gasteiger partial charge in [-0.25, -0.2) is 18.9 Å². The molecule has 1 fully saturated rings. The number of imide groups is 1. The molecule has 0 bridgehead atoms. The zero-order valence-corrected chi connectivity index (χ0v) is 19.6. The molecule has 0 spiro atoms. The minimum atomic E-state index is -0.627. The number of aromatic nitrogens is 1. The van der Waals surface area contributed by atoms with Crippen LogP contribution in [-0.4, -0.2) is 54.2 Å². The molecule has 3 aromatic rings. The number of anilines is 1. The van der Waals surface area contributed by atoms with Crippen LogP contribution in [0.3, 0.4) is 0 Å². The number of fused-ring (bicyclic) bond motifs is 1. The van der Waals surface area contributed by atoms with Gasteiger partial charge in [-0.1, -0.05) is 23.2 Å². The van der Waals surface area contributed by atoms with Crippen molar-refractivity contribution in [2.24, 2.45) is 0 Å². The number of H-pyrrole nitrogens is 1. The van der Waals surface area contributed by atoms with Gasteiger partial charge in [-0.3, -0.25) is 4.79 Å². The van der Waals surface area contributed by atoms with Crippen LogP contribution in [0, 0.1) is 0 Å². The number of nitrogens with zero attached hydrogens (tertiary/aromatic N) is 2. The summed E-state index contributed by atoms with van der Waals surface area (Å²) >= 11 is 12.5. The fourth-order valence-electron chi connectivity index (χ4n) is 3.82. The third kappa shape index (κ3) is 4.53. The van der Waals surface area contributed by atoms with Gasteiger partial charge in [-0.2, -0.15) is 0 Å². The first-order valence-electron chi connectivity index (χ1n) is 10.4. The lowest BCUT2D eigenvalue weighted by Gasteiger charge is -2.18. The molecule has 8 nitrogen and oxygen atoms in total. The summed E-state index contributed by atoms with van der Waals surface area (Å²) in [7, 11) is 0. The molecule has 1 saturated heterocycles. The molecule has 1 aliphatic heterocycles. The Balaban J connectivity index is 1.65. The van der Waals surface area contributed by atoms with E-state index in [4.69, 9.17) is 32.7 Å². The van der Waals surface area contributed by atoms with Crippen molar-refractivity contribution < 1.29 is 28.2 Å². The van der Waals surface area contributed by atoms with Gasteiger partial charge < -0.3 is 19.4 Å². The molecule has 3 amide bonds. The van der Waals surface area contributed by atoms with E-state index in [2.05, 4.69) is 4.98 Å². The molecule has 34 heavy (non-hydrogen) atoms. The number of benzene rings is 2. The first-order valence-corrected chi connectivity index (χ1v) is 11.2. The van der Waals surface area contributed by atoms with E-state index in [1.807, 2.05) is 0 Å². The van der Waals surface area contributed by atoms with Crippen LogP contribution in [-0.2, 0) is 16.1 Å². The van der Waals surface area contributed by atoms with Crippen LogP contribution in [0.4, 0.5) is 14.9 Å². The second kappa shape index (κ2) is 9.90. The maximum absolute atomic E-state index is 13.2. The topological polar surface area (TPSA) is 91.9 Å². The number of aromatic amines is 1. The first kappa shape index (κ1) is 23.8. The lowest BCUT2D eigenvalue weighted by Crippen LogP contribution is -2.33. The normalized spacial score (nSPS) is 13.8. The van der Waals surface area contributed by atoms with Crippen molar-refractivity contribution in [1.82, 2.24) is 9.88 Å². The second-order valence-electron chi connectivity index (χ2n) is 7.41. The maximum Gasteiger partial charge on any atom is 0.355 e. The number of esters is 1. The zero-order chi connectivity index (χ0) is 24.4. The van der Waals surface area contributed by atoms with Crippen molar-refractivity contribution in [3.63, 3.8) is 0 Å². The van der Waals surface area contributed by atoms with E-state index in [0.29, 0.717) is 37.9 Å². The minimum Gasteiger partial charge on any atom is -0.491 e. The lowest BCUT2D eigenvalue weighted by molar-refractivity contribution is -0.116. The first-order chi connectivity index (χ1) is 16.3. The highest BCUT2D eigenvalue weighted by atomic mass is 35.5. The van der Waals surface area contributed by atoms with Gasteiger partial charge >= 0.3 is 12.0 Å². The van der Waals surface area contributed by atoms with Crippen molar-refractivity contribution in [2.75, 3.05) is 31.3 Å². The molecule has 0 saturated carbocycles. The quantitative estimate of drug-likeness (QED) is 0.344. The molecule has 0 radical (unpaired) electrons. The van der Waals surface area contributed by atoms with Gasteiger partial charge in [-0.05, 0) is 43.3 Å². The average molecular weight is 507 g/mol. The van der Waals surface area contributed by atoms with Crippen molar-refractivity contribution >= 4 is 57.7 Å². The molecular formula is C23H20Cl2FN3O5. The number of carbonyl (C=O) groups excluding carboxylic acids is 3. The number of ether oxygens (including phenoxy) is 2. The van der Waals surface area contributed by atoms with Crippen LogP contribution >= 0.6 is 23.2 Å². The van der Waals surface area contributed by atoms with Gasteiger partial charge in [0.2, 0.25) is 0 Å². The third-order valence-corrected chi connectivity index (χ3v) is 5.74. The Bertz CT molecular complexity index is 1260. The number of hydrogen-bond acceptors (Lipinski definition) is 5. The van der Waals surface area contributed by atoms with E-state index >= 15 is 0 Å². The predicted octanol–water partition coefficient (Wildman–Crippen LogP) is 4.97. The molecule has 178 valence electrons. The molecule has 4 rings (SSSR count). The Morgan fingerprint density at radius 2 is 1.91 bits per heavy atom. The Hall–Kier alpha value is -3.30. The lowest BCUT2D eigenvalue weighted by atomic mass is 10.1. The molecule has 2 heterocycles. The molecule has 1 N–H and O–H groups in total. The third-order valence-electron chi connectivity index (χ3n) is 5.22. The molecule has 11 heteroatoms. The smallest absolute Gasteiger partial charge is 0.355 e. The Kier molecular flexibility index (Phi) is 6.95. The van der Waals surface area contributed by atoms with Crippen molar-refractivity contribution in [1.29, 1.82) is 0 Å². The molecule has 2 aromatic carbocycles. The molecule has 0 atom stereocenters. The summed E-state index contributed by atoms with van der Waals surface area (Å²) in [6.07, 6.45) is 0. The van der Waals surface area contributed by atoms with Crippen LogP contribution in [0.1, 0.15) is 23.0 Å². The molecule has 1 aliphatic rings. The molecule has 1 aromatic heterocycles. The zero-order valence-electron chi connectivity index (χ0n) is 18.1. The van der Waals surface area contributed by atoms with Gasteiger partial charge in [0.25, 0.3) is 5.91 Å². The number of carbonyl (C=O) groups is 3. The maximum atomic E-state index is 13.2. The monoisotopic (exact) mass is 506 g/mol. The fourth-order valence-corrected chi connectivity index (χ4v) is 4.42. The van der Waals surface area contributed by atoms with Gasteiger partial charge in [-0.15, -0.1) is 0 Å². The molecular weight excluding hydrogens is 487 g/mol. The number of hydrogen-bond donors (Lipinski definition) is 1. The Morgan fingerprint density at radius 3 is 2.59 bits per heavy atom. The van der Waals surface area contributed by atoms with E-state index < -0.39 is 24.6 Å². The fraction of sp³-hybridized carbons (Fsp3) is 0.261. The minimum absolute atomic E-state index is 0.0612. The number of alkyl halides is 1. The summed E-state index contributed by atoms with van der Waals surface area (Å²) in [6.45, 7) is 0.863. The largest absolute Gasteiger partial charge is 0.491 e. The SMILES string of the molecule is CCOC(=O)c1[nH]c2cc(Cl)cc(Cl)c2c1CN1CC(=O)N(c2ccc(OCC[18F])cc2)C1=O. The Labute approximate surface area is 204 Å². The predicted molar refractivity (Wildman–Crippen MR) is 125 cm³/mol. The summed E-state index contributed by atoms with van der Waals surface area (Å²) in [6, 6.07) is 8.78. The number of halogens is 3. The summed E-state index contributed by atoms with van der Waals surface area (Å²) in [5.41, 5.74) is 1.41. The molecule has 0 aliphatic carbocycles. The van der Waals surface area contributed by atoms with E-state index in [-0.39, 0.29) is 32.0 Å². The van der Waals surface area contributed by atoms with Crippen LogP contribution in [0.2, 0.25) is 10.0 Å². The highest BCUT2D eigenvalue weighted by Crippen LogP contribution is 2.35. The van der Waals surface area contributed by atoms with Crippen LogP contribution in [0.15, 0.2) is 36.4 Å². The number of amides is 3. The van der Waals surface area contributed by atoms with E-state index in [0.717, 1.165) is 4.90 Å². The van der Waals surface area contributed by atoms with Gasteiger partial charge in [0.1, 0.15) is 31.3 Å². The van der Waals surface area contributed by atoms with Crippen LogP contribution in [0.25, 0.3) is 10.9 Å². The van der Waals surface area contributed by atoms with E-state index in [1.165, 1.54) is 11.0 Å². The van der Waals surface area contributed by atoms with Crippen molar-refractivity contribution in [2.45, 2.75) is 13.5 Å². The standard InChI is InChI=1S/C23H20Cl2FN3O5/c1-2-33-22(31)21-16(20-17(25)9-13(24)10-18(20)27-21)11-28-12-19(30)29(23(28)32)14-3-5-15(6-4-14)34-8-7-26/h3-6,9-10,27H,2,7-8,11-12H2,1H3/i26-1. The van der Waals surface area contributed by atoms with Crippen molar-refractivity contribution in [3.05, 3.63) is 57.7 Å². The highest BCUT2D eigenvalue weighted by molar-refractivity contribution is 6.39.